The molecule has 106 valence electrons. The molecule has 3 heteroatoms. The van der Waals surface area contributed by atoms with Gasteiger partial charge in [0.25, 0.3) is 0 Å². The van der Waals surface area contributed by atoms with Crippen molar-refractivity contribution in [3.05, 3.63) is 69.7 Å². The maximum Gasteiger partial charge on any atom is 0.117 e. The second kappa shape index (κ2) is 6.62. The van der Waals surface area contributed by atoms with E-state index < -0.39 is 5.60 Å². The quantitative estimate of drug-likeness (QED) is 0.782. The highest BCUT2D eigenvalue weighted by molar-refractivity contribution is 6.32. The summed E-state index contributed by atoms with van der Waals surface area (Å²) in [5, 5.41) is 12.4. The lowest BCUT2D eigenvalue weighted by Gasteiger charge is -2.31. The zero-order valence-electron chi connectivity index (χ0n) is 11.4. The van der Waals surface area contributed by atoms with Gasteiger partial charge in [-0.1, -0.05) is 79.4 Å². The van der Waals surface area contributed by atoms with Crippen molar-refractivity contribution in [2.24, 2.45) is 0 Å². The smallest absolute Gasteiger partial charge is 0.117 e. The highest BCUT2D eigenvalue weighted by atomic mass is 35.5. The molecule has 0 bridgehead atoms. The molecule has 0 fully saturated rings. The molecule has 1 nitrogen and oxygen atoms in total. The summed E-state index contributed by atoms with van der Waals surface area (Å²) in [4.78, 5) is 0. The summed E-state index contributed by atoms with van der Waals surface area (Å²) in [6.07, 6.45) is 2.49. The van der Waals surface area contributed by atoms with Crippen molar-refractivity contribution in [3.8, 4) is 0 Å². The summed E-state index contributed by atoms with van der Waals surface area (Å²) < 4.78 is 0. The van der Waals surface area contributed by atoms with Crippen LogP contribution in [0.1, 0.15) is 37.3 Å². The lowest BCUT2D eigenvalue weighted by atomic mass is 9.82. The first-order valence-electron chi connectivity index (χ1n) is 6.82. The van der Waals surface area contributed by atoms with Gasteiger partial charge in [-0.25, -0.2) is 0 Å². The van der Waals surface area contributed by atoms with Gasteiger partial charge in [-0.05, 0) is 18.6 Å². The van der Waals surface area contributed by atoms with Gasteiger partial charge in [0.1, 0.15) is 5.60 Å². The molecule has 0 aromatic heterocycles. The predicted molar refractivity (Wildman–Crippen MR) is 85.4 cm³/mol. The van der Waals surface area contributed by atoms with Gasteiger partial charge in [0.2, 0.25) is 0 Å². The molecule has 2 aromatic carbocycles. The van der Waals surface area contributed by atoms with Gasteiger partial charge in [0.05, 0.1) is 0 Å². The number of unbranched alkanes of at least 4 members (excludes halogenated alkanes) is 1. The third-order valence-electron chi connectivity index (χ3n) is 3.53. The van der Waals surface area contributed by atoms with E-state index in [1.54, 1.807) is 12.1 Å². The molecule has 0 spiro atoms. The Morgan fingerprint density at radius 2 is 1.35 bits per heavy atom. The van der Waals surface area contributed by atoms with E-state index in [1.165, 1.54) is 0 Å². The predicted octanol–water partition coefficient (Wildman–Crippen LogP) is 5.42. The summed E-state index contributed by atoms with van der Waals surface area (Å²) in [5.41, 5.74) is 0.276. The Hall–Kier alpha value is -1.02. The number of benzene rings is 2. The van der Waals surface area contributed by atoms with Crippen LogP contribution in [-0.4, -0.2) is 5.11 Å². The summed E-state index contributed by atoms with van der Waals surface area (Å²) in [5.74, 6) is 0. The Morgan fingerprint density at radius 1 is 0.900 bits per heavy atom. The van der Waals surface area contributed by atoms with E-state index >= 15 is 0 Å². The maximum atomic E-state index is 11.3. The number of halogens is 2. The number of rotatable bonds is 5. The van der Waals surface area contributed by atoms with E-state index in [-0.39, 0.29) is 0 Å². The number of hydrogen-bond donors (Lipinski definition) is 1. The lowest BCUT2D eigenvalue weighted by molar-refractivity contribution is 0.0687. The van der Waals surface area contributed by atoms with Crippen LogP contribution in [0, 0.1) is 0 Å². The zero-order chi connectivity index (χ0) is 14.6. The number of hydrogen-bond acceptors (Lipinski definition) is 1. The van der Waals surface area contributed by atoms with Gasteiger partial charge in [-0.15, -0.1) is 0 Å². The first kappa shape index (κ1) is 15.4. The molecule has 0 heterocycles. The molecule has 0 saturated heterocycles. The average molecular weight is 309 g/mol. The molecular formula is C17H18Cl2O. The average Bonchev–Trinajstić information content (AvgIpc) is 2.46. The zero-order valence-corrected chi connectivity index (χ0v) is 13.0. The monoisotopic (exact) mass is 308 g/mol. The van der Waals surface area contributed by atoms with Crippen LogP contribution in [0.5, 0.6) is 0 Å². The minimum atomic E-state index is -1.15. The van der Waals surface area contributed by atoms with E-state index in [0.717, 1.165) is 12.8 Å². The molecule has 0 aliphatic carbocycles. The minimum absolute atomic E-state index is 0.561. The van der Waals surface area contributed by atoms with Crippen LogP contribution >= 0.6 is 23.2 Å². The van der Waals surface area contributed by atoms with E-state index in [0.29, 0.717) is 27.6 Å². The van der Waals surface area contributed by atoms with Crippen LogP contribution in [0.25, 0.3) is 0 Å². The normalized spacial score (nSPS) is 11.6. The minimum Gasteiger partial charge on any atom is -0.380 e. The Bertz CT molecular complexity index is 535. The van der Waals surface area contributed by atoms with Gasteiger partial charge in [0.15, 0.2) is 0 Å². The topological polar surface area (TPSA) is 20.2 Å². The standard InChI is InChI=1S/C17H18Cl2O/c1-2-3-12-17(20,13-8-4-6-10-15(13)18)14-9-5-7-11-16(14)19/h4-11,20H,2-3,12H2,1H3. The van der Waals surface area contributed by atoms with Crippen LogP contribution in [0.4, 0.5) is 0 Å². The molecule has 0 amide bonds. The first-order chi connectivity index (χ1) is 9.59. The third kappa shape index (κ3) is 3.01. The van der Waals surface area contributed by atoms with Crippen molar-refractivity contribution in [2.45, 2.75) is 31.8 Å². The highest BCUT2D eigenvalue weighted by Gasteiger charge is 2.34. The summed E-state index contributed by atoms with van der Waals surface area (Å²) in [6.45, 7) is 2.10. The molecule has 0 saturated carbocycles. The summed E-state index contributed by atoms with van der Waals surface area (Å²) in [6, 6.07) is 14.8. The Kier molecular flexibility index (Phi) is 5.09. The fraction of sp³-hybridized carbons (Fsp3) is 0.294. The fourth-order valence-corrected chi connectivity index (χ4v) is 3.02. The first-order valence-corrected chi connectivity index (χ1v) is 7.57. The van der Waals surface area contributed by atoms with Gasteiger partial charge in [-0.2, -0.15) is 0 Å². The second-order valence-corrected chi connectivity index (χ2v) is 5.74. The molecule has 0 atom stereocenters. The molecular weight excluding hydrogens is 291 g/mol. The fourth-order valence-electron chi connectivity index (χ4n) is 2.44. The van der Waals surface area contributed by atoms with Crippen molar-refractivity contribution < 1.29 is 5.11 Å². The number of aliphatic hydroxyl groups is 1. The molecule has 2 aromatic rings. The van der Waals surface area contributed by atoms with Crippen molar-refractivity contribution in [1.29, 1.82) is 0 Å². The van der Waals surface area contributed by atoms with Gasteiger partial charge >= 0.3 is 0 Å². The third-order valence-corrected chi connectivity index (χ3v) is 4.19. The second-order valence-electron chi connectivity index (χ2n) is 4.92. The van der Waals surface area contributed by atoms with E-state index in [1.807, 2.05) is 36.4 Å². The van der Waals surface area contributed by atoms with E-state index in [4.69, 9.17) is 23.2 Å². The van der Waals surface area contributed by atoms with Crippen LogP contribution in [-0.2, 0) is 5.60 Å². The molecule has 1 N–H and O–H groups in total. The van der Waals surface area contributed by atoms with Crippen LogP contribution in [0.3, 0.4) is 0 Å². The molecule has 20 heavy (non-hydrogen) atoms. The SMILES string of the molecule is CCCCC(O)(c1ccccc1Cl)c1ccccc1Cl. The van der Waals surface area contributed by atoms with E-state index in [9.17, 15) is 5.11 Å². The van der Waals surface area contributed by atoms with Gasteiger partial charge < -0.3 is 5.11 Å². The molecule has 0 unspecified atom stereocenters. The van der Waals surface area contributed by atoms with E-state index in [2.05, 4.69) is 6.92 Å². The molecule has 0 radical (unpaired) electrons. The maximum absolute atomic E-state index is 11.3. The molecule has 0 aliphatic heterocycles. The lowest BCUT2D eigenvalue weighted by Crippen LogP contribution is -2.28. The van der Waals surface area contributed by atoms with Crippen LogP contribution in [0.2, 0.25) is 10.0 Å². The van der Waals surface area contributed by atoms with Gasteiger partial charge in [-0.3, -0.25) is 0 Å². The van der Waals surface area contributed by atoms with Crippen LogP contribution < -0.4 is 0 Å². The Labute approximate surface area is 130 Å². The molecule has 0 aliphatic rings. The van der Waals surface area contributed by atoms with Crippen molar-refractivity contribution in [2.75, 3.05) is 0 Å². The molecule has 2 rings (SSSR count). The summed E-state index contributed by atoms with van der Waals surface area (Å²) >= 11 is 12.6. The highest BCUT2D eigenvalue weighted by Crippen LogP contribution is 2.40. The van der Waals surface area contributed by atoms with Crippen molar-refractivity contribution in [1.82, 2.24) is 0 Å². The Morgan fingerprint density at radius 3 is 1.75 bits per heavy atom. The van der Waals surface area contributed by atoms with Crippen molar-refractivity contribution >= 4 is 23.2 Å². The Balaban J connectivity index is 2.57. The van der Waals surface area contributed by atoms with Crippen LogP contribution in [0.15, 0.2) is 48.5 Å². The largest absolute Gasteiger partial charge is 0.380 e. The summed E-state index contributed by atoms with van der Waals surface area (Å²) in [7, 11) is 0. The van der Waals surface area contributed by atoms with Crippen molar-refractivity contribution in [3.63, 3.8) is 0 Å². The van der Waals surface area contributed by atoms with Gasteiger partial charge in [0, 0.05) is 21.2 Å².